The van der Waals surface area contributed by atoms with Gasteiger partial charge in [-0.3, -0.25) is 0 Å². The number of benzene rings is 1. The lowest BCUT2D eigenvalue weighted by atomic mass is 10.1. The van der Waals surface area contributed by atoms with E-state index in [1.165, 1.54) is 0 Å². The summed E-state index contributed by atoms with van der Waals surface area (Å²) in [6, 6.07) is 5.69. The first-order valence-electron chi connectivity index (χ1n) is 5.92. The van der Waals surface area contributed by atoms with Gasteiger partial charge in [-0.05, 0) is 17.5 Å². The molecule has 1 aromatic rings. The molecular weight excluding hydrogens is 268 g/mol. The Balaban J connectivity index is 2.52. The van der Waals surface area contributed by atoms with E-state index in [2.05, 4.69) is 10.6 Å². The number of halogens is 1. The molecule has 104 valence electrons. The third-order valence-electron chi connectivity index (χ3n) is 2.62. The second-order valence-electron chi connectivity index (χ2n) is 4.48. The molecule has 0 heterocycles. The average Bonchev–Trinajstić information content (AvgIpc) is 2.34. The molecule has 0 bridgehead atoms. The fraction of sp³-hybridized carbons (Fsp3) is 0.385. The highest BCUT2D eigenvalue weighted by Crippen LogP contribution is 2.14. The predicted molar refractivity (Wildman–Crippen MR) is 73.1 cm³/mol. The normalized spacial score (nSPS) is 12.0. The van der Waals surface area contributed by atoms with Crippen LogP contribution in [-0.2, 0) is 11.3 Å². The third kappa shape index (κ3) is 4.79. The zero-order valence-corrected chi connectivity index (χ0v) is 11.6. The van der Waals surface area contributed by atoms with Crippen LogP contribution in [0.5, 0.6) is 0 Å². The average molecular weight is 285 g/mol. The minimum absolute atomic E-state index is 0.191. The van der Waals surface area contributed by atoms with Crippen LogP contribution in [0.25, 0.3) is 0 Å². The van der Waals surface area contributed by atoms with Gasteiger partial charge in [-0.25, -0.2) is 9.59 Å². The summed E-state index contributed by atoms with van der Waals surface area (Å²) in [6.45, 7) is 3.70. The van der Waals surface area contributed by atoms with Gasteiger partial charge in [0.15, 0.2) is 0 Å². The van der Waals surface area contributed by atoms with Crippen molar-refractivity contribution in [3.05, 3.63) is 34.9 Å². The molecular formula is C13H17ClN2O3. The molecule has 0 radical (unpaired) electrons. The summed E-state index contributed by atoms with van der Waals surface area (Å²) in [5, 5.41) is 14.5. The Kier molecular flexibility index (Phi) is 5.63. The monoisotopic (exact) mass is 284 g/mol. The van der Waals surface area contributed by atoms with Crippen molar-refractivity contribution in [1.29, 1.82) is 0 Å². The number of urea groups is 1. The first-order valence-corrected chi connectivity index (χ1v) is 6.30. The van der Waals surface area contributed by atoms with Gasteiger partial charge in [0, 0.05) is 11.6 Å². The Labute approximate surface area is 117 Å². The topological polar surface area (TPSA) is 78.4 Å². The number of rotatable bonds is 5. The van der Waals surface area contributed by atoms with Gasteiger partial charge >= 0.3 is 12.0 Å². The summed E-state index contributed by atoms with van der Waals surface area (Å²) >= 11 is 5.95. The predicted octanol–water partition coefficient (Wildman–Crippen LogP) is 2.25. The zero-order chi connectivity index (χ0) is 14.4. The quantitative estimate of drug-likeness (QED) is 0.776. The number of hydrogen-bond acceptors (Lipinski definition) is 2. The first-order chi connectivity index (χ1) is 8.91. The molecule has 0 aliphatic carbocycles. The highest BCUT2D eigenvalue weighted by atomic mass is 35.5. The zero-order valence-electron chi connectivity index (χ0n) is 10.8. The lowest BCUT2D eigenvalue weighted by Crippen LogP contribution is -2.48. The number of carbonyl (C=O) groups excluding carboxylic acids is 1. The molecule has 0 aliphatic heterocycles. The van der Waals surface area contributed by atoms with Gasteiger partial charge in [0.25, 0.3) is 0 Å². The Morgan fingerprint density at radius 3 is 2.47 bits per heavy atom. The van der Waals surface area contributed by atoms with Crippen LogP contribution in [0.15, 0.2) is 24.3 Å². The van der Waals surface area contributed by atoms with Crippen molar-refractivity contribution in [1.82, 2.24) is 10.6 Å². The Morgan fingerprint density at radius 1 is 1.32 bits per heavy atom. The van der Waals surface area contributed by atoms with Gasteiger partial charge in [-0.15, -0.1) is 0 Å². The summed E-state index contributed by atoms with van der Waals surface area (Å²) in [5.74, 6) is -1.24. The van der Waals surface area contributed by atoms with E-state index >= 15 is 0 Å². The van der Waals surface area contributed by atoms with Crippen LogP contribution in [0, 0.1) is 5.92 Å². The van der Waals surface area contributed by atoms with E-state index < -0.39 is 18.0 Å². The van der Waals surface area contributed by atoms with E-state index in [9.17, 15) is 9.59 Å². The molecule has 19 heavy (non-hydrogen) atoms. The van der Waals surface area contributed by atoms with Gasteiger partial charge < -0.3 is 15.7 Å². The lowest BCUT2D eigenvalue weighted by molar-refractivity contribution is -0.140. The van der Waals surface area contributed by atoms with Crippen molar-refractivity contribution in [2.45, 2.75) is 26.4 Å². The van der Waals surface area contributed by atoms with Crippen molar-refractivity contribution in [3.8, 4) is 0 Å². The summed E-state index contributed by atoms with van der Waals surface area (Å²) in [7, 11) is 0. The minimum atomic E-state index is -1.05. The summed E-state index contributed by atoms with van der Waals surface area (Å²) in [4.78, 5) is 22.6. The maximum atomic E-state index is 11.6. The number of carboxylic acid groups (broad SMARTS) is 1. The third-order valence-corrected chi connectivity index (χ3v) is 2.99. The molecule has 0 aromatic heterocycles. The minimum Gasteiger partial charge on any atom is -0.480 e. The van der Waals surface area contributed by atoms with Gasteiger partial charge in [-0.2, -0.15) is 0 Å². The van der Waals surface area contributed by atoms with Crippen LogP contribution in [0.3, 0.4) is 0 Å². The Hall–Kier alpha value is -1.75. The van der Waals surface area contributed by atoms with Crippen LogP contribution in [-0.4, -0.2) is 23.1 Å². The number of hydrogen-bond donors (Lipinski definition) is 3. The molecule has 0 saturated heterocycles. The summed E-state index contributed by atoms with van der Waals surface area (Å²) < 4.78 is 0. The second-order valence-corrected chi connectivity index (χ2v) is 4.89. The van der Waals surface area contributed by atoms with E-state index in [1.807, 2.05) is 6.07 Å². The molecule has 0 unspecified atom stereocenters. The number of amides is 2. The van der Waals surface area contributed by atoms with Crippen LogP contribution in [0.4, 0.5) is 4.79 Å². The standard InChI is InChI=1S/C13H17ClN2O3/c1-8(2)11(12(17)18)16-13(19)15-7-9-5-3-4-6-10(9)14/h3-6,8,11H,7H2,1-2H3,(H,17,18)(H2,15,16,19)/t11-/m1/s1. The molecule has 1 atom stereocenters. The van der Waals surface area contributed by atoms with Crippen LogP contribution < -0.4 is 10.6 Å². The largest absolute Gasteiger partial charge is 0.480 e. The maximum Gasteiger partial charge on any atom is 0.326 e. The van der Waals surface area contributed by atoms with E-state index in [0.717, 1.165) is 5.56 Å². The fourth-order valence-corrected chi connectivity index (χ4v) is 1.73. The van der Waals surface area contributed by atoms with Crippen molar-refractivity contribution in [3.63, 3.8) is 0 Å². The molecule has 3 N–H and O–H groups in total. The highest BCUT2D eigenvalue weighted by molar-refractivity contribution is 6.31. The first kappa shape index (κ1) is 15.3. The van der Waals surface area contributed by atoms with E-state index in [1.54, 1.807) is 32.0 Å². The molecule has 2 amide bonds. The van der Waals surface area contributed by atoms with Crippen molar-refractivity contribution in [2.75, 3.05) is 0 Å². The number of nitrogens with one attached hydrogen (secondary N) is 2. The van der Waals surface area contributed by atoms with E-state index in [4.69, 9.17) is 16.7 Å². The number of aliphatic carboxylic acids is 1. The Morgan fingerprint density at radius 2 is 1.95 bits per heavy atom. The Bertz CT molecular complexity index is 463. The lowest BCUT2D eigenvalue weighted by Gasteiger charge is -2.18. The molecule has 0 saturated carbocycles. The van der Waals surface area contributed by atoms with Crippen LogP contribution in [0.1, 0.15) is 19.4 Å². The molecule has 0 fully saturated rings. The van der Waals surface area contributed by atoms with Crippen LogP contribution >= 0.6 is 11.6 Å². The smallest absolute Gasteiger partial charge is 0.326 e. The van der Waals surface area contributed by atoms with Gasteiger partial charge in [0.2, 0.25) is 0 Å². The molecule has 1 aromatic carbocycles. The maximum absolute atomic E-state index is 11.6. The fourth-order valence-electron chi connectivity index (χ4n) is 1.52. The SMILES string of the molecule is CC(C)[C@@H](NC(=O)NCc1ccccc1Cl)C(=O)O. The molecule has 0 aliphatic rings. The van der Waals surface area contributed by atoms with Gasteiger partial charge in [-0.1, -0.05) is 43.6 Å². The van der Waals surface area contributed by atoms with Crippen molar-refractivity contribution in [2.24, 2.45) is 5.92 Å². The molecule has 0 spiro atoms. The number of carboxylic acids is 1. The highest BCUT2D eigenvalue weighted by Gasteiger charge is 2.23. The van der Waals surface area contributed by atoms with Crippen molar-refractivity contribution >= 4 is 23.6 Å². The van der Waals surface area contributed by atoms with Crippen LogP contribution in [0.2, 0.25) is 5.02 Å². The number of carbonyl (C=O) groups is 2. The molecule has 6 heteroatoms. The molecule has 5 nitrogen and oxygen atoms in total. The second kappa shape index (κ2) is 6.99. The van der Waals surface area contributed by atoms with Crippen molar-refractivity contribution < 1.29 is 14.7 Å². The molecule has 1 rings (SSSR count). The van der Waals surface area contributed by atoms with E-state index in [0.29, 0.717) is 5.02 Å². The van der Waals surface area contributed by atoms with Gasteiger partial charge in [0.1, 0.15) is 6.04 Å². The summed E-state index contributed by atoms with van der Waals surface area (Å²) in [6.07, 6.45) is 0. The van der Waals surface area contributed by atoms with E-state index in [-0.39, 0.29) is 12.5 Å². The summed E-state index contributed by atoms with van der Waals surface area (Å²) in [5.41, 5.74) is 0.774. The van der Waals surface area contributed by atoms with Gasteiger partial charge in [0.05, 0.1) is 0 Å².